The van der Waals surface area contributed by atoms with Gasteiger partial charge in [-0.3, -0.25) is 9.36 Å². The zero-order chi connectivity index (χ0) is 22.2. The standard InChI is InChI=1S/C22H21N5O5/c1-31-21(29)16-12-32-17(24-16)11-25-13-23-19-18(25)20(28)27(15-9-5-6-10-15)22(30)26(19)14-7-3-2-4-8-14/h2-4,7-8,12-13,15H,5-6,9-11H2,1H3. The minimum absolute atomic E-state index is 0.0384. The molecule has 164 valence electrons. The number of carbonyl (C=O) groups is 1. The highest BCUT2D eigenvalue weighted by atomic mass is 16.5. The number of methoxy groups -OCH3 is 1. The van der Waals surface area contributed by atoms with Crippen LogP contribution in [0.2, 0.25) is 0 Å². The van der Waals surface area contributed by atoms with Crippen LogP contribution >= 0.6 is 0 Å². The highest BCUT2D eigenvalue weighted by Crippen LogP contribution is 2.28. The molecule has 32 heavy (non-hydrogen) atoms. The Kier molecular flexibility index (Phi) is 4.96. The molecule has 1 aromatic carbocycles. The first-order valence-electron chi connectivity index (χ1n) is 10.4. The van der Waals surface area contributed by atoms with Gasteiger partial charge in [0.05, 0.1) is 19.1 Å². The van der Waals surface area contributed by atoms with Gasteiger partial charge in [-0.25, -0.2) is 24.1 Å². The van der Waals surface area contributed by atoms with E-state index in [4.69, 9.17) is 4.42 Å². The van der Waals surface area contributed by atoms with Crippen LogP contribution in [-0.4, -0.2) is 36.7 Å². The first kappa shape index (κ1) is 20.0. The zero-order valence-corrected chi connectivity index (χ0v) is 17.4. The molecular formula is C22H21N5O5. The highest BCUT2D eigenvalue weighted by Gasteiger charge is 2.26. The molecule has 0 N–H and O–H groups in total. The van der Waals surface area contributed by atoms with Gasteiger partial charge in [-0.15, -0.1) is 0 Å². The molecule has 1 fully saturated rings. The van der Waals surface area contributed by atoms with Crippen molar-refractivity contribution in [2.45, 2.75) is 38.3 Å². The minimum Gasteiger partial charge on any atom is -0.464 e. The van der Waals surface area contributed by atoms with Crippen LogP contribution in [-0.2, 0) is 11.3 Å². The number of imidazole rings is 1. The molecule has 0 bridgehead atoms. The summed E-state index contributed by atoms with van der Waals surface area (Å²) in [7, 11) is 1.26. The third kappa shape index (κ3) is 3.24. The Balaban J connectivity index is 1.70. The summed E-state index contributed by atoms with van der Waals surface area (Å²) < 4.78 is 14.5. The number of hydrogen-bond donors (Lipinski definition) is 0. The number of oxazole rings is 1. The lowest BCUT2D eigenvalue weighted by atomic mass is 10.2. The van der Waals surface area contributed by atoms with Crippen LogP contribution in [0.1, 0.15) is 48.1 Å². The van der Waals surface area contributed by atoms with Crippen molar-refractivity contribution >= 4 is 17.1 Å². The van der Waals surface area contributed by atoms with E-state index in [2.05, 4.69) is 14.7 Å². The summed E-state index contributed by atoms with van der Waals surface area (Å²) in [6.45, 7) is 0.0698. The summed E-state index contributed by atoms with van der Waals surface area (Å²) in [5.41, 5.74) is 0.426. The van der Waals surface area contributed by atoms with Gasteiger partial charge in [-0.05, 0) is 25.0 Å². The van der Waals surface area contributed by atoms with Gasteiger partial charge < -0.3 is 13.7 Å². The average molecular weight is 435 g/mol. The van der Waals surface area contributed by atoms with Crippen LogP contribution in [0.3, 0.4) is 0 Å². The number of nitrogens with zero attached hydrogens (tertiary/aromatic N) is 5. The van der Waals surface area contributed by atoms with Crippen molar-refractivity contribution in [3.63, 3.8) is 0 Å². The average Bonchev–Trinajstić information content (AvgIpc) is 3.56. The summed E-state index contributed by atoms with van der Waals surface area (Å²) in [5, 5.41) is 0. The lowest BCUT2D eigenvalue weighted by Crippen LogP contribution is -2.41. The SMILES string of the molecule is COC(=O)c1coc(Cn2cnc3c2c(=O)n(C2CCCC2)c(=O)n3-c2ccccc2)n1. The molecule has 0 atom stereocenters. The largest absolute Gasteiger partial charge is 0.464 e. The van der Waals surface area contributed by atoms with Gasteiger partial charge in [-0.2, -0.15) is 0 Å². The number of para-hydroxylation sites is 1. The predicted octanol–water partition coefficient (Wildman–Crippen LogP) is 2.29. The Morgan fingerprint density at radius 1 is 1.19 bits per heavy atom. The molecule has 0 spiro atoms. The third-order valence-corrected chi connectivity index (χ3v) is 5.81. The number of rotatable bonds is 5. The molecule has 4 aromatic rings. The molecular weight excluding hydrogens is 414 g/mol. The van der Waals surface area contributed by atoms with Gasteiger partial charge in [0.2, 0.25) is 5.89 Å². The summed E-state index contributed by atoms with van der Waals surface area (Å²) >= 11 is 0. The maximum Gasteiger partial charge on any atom is 0.360 e. The predicted molar refractivity (Wildman–Crippen MR) is 114 cm³/mol. The van der Waals surface area contributed by atoms with Crippen LogP contribution in [0.5, 0.6) is 0 Å². The van der Waals surface area contributed by atoms with Crippen molar-refractivity contribution in [1.82, 2.24) is 23.7 Å². The molecule has 3 heterocycles. The van der Waals surface area contributed by atoms with Crippen LogP contribution in [0.25, 0.3) is 16.9 Å². The molecule has 5 rings (SSSR count). The highest BCUT2D eigenvalue weighted by molar-refractivity contribution is 5.86. The Morgan fingerprint density at radius 3 is 2.66 bits per heavy atom. The molecule has 0 unspecified atom stereocenters. The van der Waals surface area contributed by atoms with E-state index in [1.165, 1.54) is 28.8 Å². The second-order valence-electron chi connectivity index (χ2n) is 7.73. The molecule has 0 aliphatic heterocycles. The van der Waals surface area contributed by atoms with Gasteiger partial charge in [0, 0.05) is 6.04 Å². The third-order valence-electron chi connectivity index (χ3n) is 5.81. The Morgan fingerprint density at radius 2 is 1.94 bits per heavy atom. The first-order chi connectivity index (χ1) is 15.6. The smallest absolute Gasteiger partial charge is 0.360 e. The molecule has 10 nitrogen and oxygen atoms in total. The van der Waals surface area contributed by atoms with E-state index < -0.39 is 11.7 Å². The van der Waals surface area contributed by atoms with Crippen molar-refractivity contribution in [1.29, 1.82) is 0 Å². The molecule has 0 radical (unpaired) electrons. The second-order valence-corrected chi connectivity index (χ2v) is 7.73. The van der Waals surface area contributed by atoms with E-state index >= 15 is 0 Å². The summed E-state index contributed by atoms with van der Waals surface area (Å²) in [6.07, 6.45) is 6.21. The number of benzene rings is 1. The number of carbonyl (C=O) groups excluding carboxylic acids is 1. The van der Waals surface area contributed by atoms with Crippen molar-refractivity contribution in [3.05, 3.63) is 75.3 Å². The fraction of sp³-hybridized carbons (Fsp3) is 0.318. The van der Waals surface area contributed by atoms with Gasteiger partial charge in [-0.1, -0.05) is 31.0 Å². The molecule has 3 aromatic heterocycles. The number of esters is 1. The van der Waals surface area contributed by atoms with E-state index in [0.29, 0.717) is 5.69 Å². The van der Waals surface area contributed by atoms with Gasteiger partial charge in [0.25, 0.3) is 5.56 Å². The van der Waals surface area contributed by atoms with E-state index in [-0.39, 0.29) is 40.9 Å². The topological polar surface area (TPSA) is 114 Å². The van der Waals surface area contributed by atoms with Crippen molar-refractivity contribution in [3.8, 4) is 5.69 Å². The summed E-state index contributed by atoms with van der Waals surface area (Å²) in [5.74, 6) is -0.397. The fourth-order valence-electron chi connectivity index (χ4n) is 4.29. The summed E-state index contributed by atoms with van der Waals surface area (Å²) in [6, 6.07) is 8.98. The van der Waals surface area contributed by atoms with Gasteiger partial charge >= 0.3 is 11.7 Å². The Bertz CT molecular complexity index is 1410. The zero-order valence-electron chi connectivity index (χ0n) is 17.4. The molecule has 10 heteroatoms. The molecule has 0 amide bonds. The fourth-order valence-corrected chi connectivity index (χ4v) is 4.29. The Hall–Kier alpha value is -3.95. The Labute approximate surface area is 181 Å². The van der Waals surface area contributed by atoms with Crippen LogP contribution in [0.15, 0.2) is 56.9 Å². The van der Waals surface area contributed by atoms with Crippen LogP contribution in [0.4, 0.5) is 0 Å². The van der Waals surface area contributed by atoms with E-state index in [1.807, 2.05) is 18.2 Å². The van der Waals surface area contributed by atoms with E-state index in [0.717, 1.165) is 25.7 Å². The van der Waals surface area contributed by atoms with Crippen molar-refractivity contribution in [2.75, 3.05) is 7.11 Å². The van der Waals surface area contributed by atoms with E-state index in [1.54, 1.807) is 16.7 Å². The maximum atomic E-state index is 13.5. The number of ether oxygens (including phenoxy) is 1. The normalized spacial score (nSPS) is 14.3. The van der Waals surface area contributed by atoms with Gasteiger partial charge in [0.15, 0.2) is 16.9 Å². The first-order valence-corrected chi connectivity index (χ1v) is 10.4. The van der Waals surface area contributed by atoms with Gasteiger partial charge in [0.1, 0.15) is 12.8 Å². The van der Waals surface area contributed by atoms with Crippen molar-refractivity contribution < 1.29 is 13.9 Å². The maximum absolute atomic E-state index is 13.5. The quantitative estimate of drug-likeness (QED) is 0.442. The lowest BCUT2D eigenvalue weighted by molar-refractivity contribution is 0.0594. The van der Waals surface area contributed by atoms with Crippen LogP contribution in [0, 0.1) is 0 Å². The lowest BCUT2D eigenvalue weighted by Gasteiger charge is -2.16. The summed E-state index contributed by atoms with van der Waals surface area (Å²) in [4.78, 5) is 47.2. The molecule has 1 aliphatic carbocycles. The monoisotopic (exact) mass is 435 g/mol. The number of aromatic nitrogens is 5. The van der Waals surface area contributed by atoms with E-state index in [9.17, 15) is 14.4 Å². The number of fused-ring (bicyclic) bond motifs is 1. The number of hydrogen-bond acceptors (Lipinski definition) is 7. The molecule has 0 saturated heterocycles. The molecule has 1 aliphatic rings. The minimum atomic E-state index is -0.614. The van der Waals surface area contributed by atoms with Crippen molar-refractivity contribution in [2.24, 2.45) is 0 Å². The second kappa shape index (κ2) is 7.95. The van der Waals surface area contributed by atoms with Crippen LogP contribution < -0.4 is 11.2 Å². The molecule has 1 saturated carbocycles.